The molecule has 16 heavy (non-hydrogen) atoms. The smallest absolute Gasteiger partial charge is 0.134 e. The van der Waals surface area contributed by atoms with Crippen molar-refractivity contribution in [2.24, 2.45) is 0 Å². The van der Waals surface area contributed by atoms with Crippen molar-refractivity contribution >= 4 is 21.6 Å². The lowest BCUT2D eigenvalue weighted by Crippen LogP contribution is -1.77. The third kappa shape index (κ3) is 1.53. The summed E-state index contributed by atoms with van der Waals surface area (Å²) in [7, 11) is 0. The number of pyridine rings is 1. The van der Waals surface area contributed by atoms with Gasteiger partial charge in [0.25, 0.3) is 0 Å². The topological polar surface area (TPSA) is 46.0 Å². The predicted molar refractivity (Wildman–Crippen MR) is 64.5 cm³/mol. The van der Waals surface area contributed by atoms with Gasteiger partial charge in [0.15, 0.2) is 0 Å². The highest BCUT2D eigenvalue weighted by molar-refractivity contribution is 7.21. The van der Waals surface area contributed by atoms with Crippen LogP contribution in [0.25, 0.3) is 20.8 Å². The predicted octanol–water partition coefficient (Wildman–Crippen LogP) is 3.06. The Balaban J connectivity index is 2.19. The summed E-state index contributed by atoms with van der Waals surface area (Å²) in [6.07, 6.45) is 3.12. The Morgan fingerprint density at radius 2 is 2.00 bits per heavy atom. The zero-order valence-electron chi connectivity index (χ0n) is 8.29. The summed E-state index contributed by atoms with van der Waals surface area (Å²) >= 11 is 1.60. The molecular formula is C12H8N2OS. The van der Waals surface area contributed by atoms with Crippen molar-refractivity contribution < 1.29 is 5.11 Å². The highest BCUT2D eigenvalue weighted by atomic mass is 32.1. The van der Waals surface area contributed by atoms with E-state index in [2.05, 4.69) is 9.97 Å². The van der Waals surface area contributed by atoms with E-state index >= 15 is 0 Å². The zero-order valence-corrected chi connectivity index (χ0v) is 9.11. The van der Waals surface area contributed by atoms with E-state index in [0.717, 1.165) is 20.8 Å². The number of para-hydroxylation sites is 1. The van der Waals surface area contributed by atoms with Crippen LogP contribution in [0.2, 0.25) is 0 Å². The van der Waals surface area contributed by atoms with Crippen LogP contribution in [0.4, 0.5) is 0 Å². The van der Waals surface area contributed by atoms with Crippen LogP contribution in [0.1, 0.15) is 0 Å². The van der Waals surface area contributed by atoms with Gasteiger partial charge in [0, 0.05) is 11.8 Å². The molecule has 1 N–H and O–H groups in total. The molecule has 0 amide bonds. The molecule has 0 unspecified atom stereocenters. The molecule has 0 aliphatic carbocycles. The summed E-state index contributed by atoms with van der Waals surface area (Å²) in [6.45, 7) is 0. The average molecular weight is 228 g/mol. The second kappa shape index (κ2) is 3.57. The highest BCUT2D eigenvalue weighted by Gasteiger charge is 2.06. The minimum Gasteiger partial charge on any atom is -0.506 e. The lowest BCUT2D eigenvalue weighted by molar-refractivity contribution is 0.473. The van der Waals surface area contributed by atoms with Gasteiger partial charge in [-0.1, -0.05) is 12.1 Å². The van der Waals surface area contributed by atoms with Crippen molar-refractivity contribution in [1.82, 2.24) is 9.97 Å². The largest absolute Gasteiger partial charge is 0.506 e. The summed E-state index contributed by atoms with van der Waals surface area (Å²) < 4.78 is 1.14. The van der Waals surface area contributed by atoms with E-state index in [0.29, 0.717) is 0 Å². The molecule has 0 aliphatic rings. The Labute approximate surface area is 96.0 Å². The Kier molecular flexibility index (Phi) is 2.08. The summed E-state index contributed by atoms with van der Waals surface area (Å²) in [5.74, 6) is 0.164. The summed E-state index contributed by atoms with van der Waals surface area (Å²) in [6, 6.07) is 9.64. The molecule has 0 radical (unpaired) electrons. The number of nitrogens with zero attached hydrogens (tertiary/aromatic N) is 2. The molecule has 0 saturated heterocycles. The monoisotopic (exact) mass is 228 g/mol. The first-order valence-corrected chi connectivity index (χ1v) is 5.64. The van der Waals surface area contributed by atoms with Gasteiger partial charge in [0.2, 0.25) is 0 Å². The lowest BCUT2D eigenvalue weighted by Gasteiger charge is -1.94. The molecule has 2 heterocycles. The van der Waals surface area contributed by atoms with Crippen LogP contribution in [0, 0.1) is 0 Å². The first-order valence-electron chi connectivity index (χ1n) is 4.83. The molecule has 3 rings (SSSR count). The average Bonchev–Trinajstić information content (AvgIpc) is 2.72. The third-order valence-electron chi connectivity index (χ3n) is 2.26. The molecule has 0 aliphatic heterocycles. The molecule has 0 fully saturated rings. The van der Waals surface area contributed by atoms with Crippen LogP contribution >= 0.6 is 11.3 Å². The maximum atomic E-state index is 9.36. The molecular weight excluding hydrogens is 220 g/mol. The number of benzene rings is 1. The standard InChI is InChI=1S/C12H8N2OS/c15-9-5-8(6-13-7-9)12-14-10-3-1-2-4-11(10)16-12/h1-7,15H. The van der Waals surface area contributed by atoms with E-state index in [1.807, 2.05) is 24.3 Å². The normalized spacial score (nSPS) is 10.8. The Morgan fingerprint density at radius 1 is 1.12 bits per heavy atom. The Morgan fingerprint density at radius 3 is 2.81 bits per heavy atom. The molecule has 2 aromatic heterocycles. The van der Waals surface area contributed by atoms with Crippen LogP contribution in [-0.2, 0) is 0 Å². The molecule has 0 spiro atoms. The van der Waals surface area contributed by atoms with Crippen LogP contribution in [-0.4, -0.2) is 15.1 Å². The third-order valence-corrected chi connectivity index (χ3v) is 3.35. The van der Waals surface area contributed by atoms with Gasteiger partial charge in [-0.05, 0) is 18.2 Å². The number of hydrogen-bond acceptors (Lipinski definition) is 4. The van der Waals surface area contributed by atoms with Gasteiger partial charge in [-0.2, -0.15) is 0 Å². The second-order valence-corrected chi connectivity index (χ2v) is 4.45. The van der Waals surface area contributed by atoms with Crippen molar-refractivity contribution in [3.05, 3.63) is 42.7 Å². The molecule has 78 valence electrons. The van der Waals surface area contributed by atoms with Crippen molar-refractivity contribution in [2.75, 3.05) is 0 Å². The SMILES string of the molecule is Oc1cncc(-c2nc3ccccc3s2)c1. The molecule has 4 heteroatoms. The fraction of sp³-hybridized carbons (Fsp3) is 0. The first-order chi connectivity index (χ1) is 7.83. The number of hydrogen-bond donors (Lipinski definition) is 1. The van der Waals surface area contributed by atoms with Crippen LogP contribution in [0.3, 0.4) is 0 Å². The quantitative estimate of drug-likeness (QED) is 0.696. The van der Waals surface area contributed by atoms with Gasteiger partial charge in [-0.25, -0.2) is 4.98 Å². The number of thiazole rings is 1. The maximum Gasteiger partial charge on any atom is 0.134 e. The molecule has 0 bridgehead atoms. The van der Waals surface area contributed by atoms with E-state index < -0.39 is 0 Å². The number of fused-ring (bicyclic) bond motifs is 1. The fourth-order valence-electron chi connectivity index (χ4n) is 1.54. The summed E-state index contributed by atoms with van der Waals surface area (Å²) in [5.41, 5.74) is 1.83. The lowest BCUT2D eigenvalue weighted by atomic mass is 10.3. The fourth-order valence-corrected chi connectivity index (χ4v) is 2.49. The van der Waals surface area contributed by atoms with E-state index in [-0.39, 0.29) is 5.75 Å². The van der Waals surface area contributed by atoms with E-state index in [1.54, 1.807) is 23.6 Å². The number of aromatic nitrogens is 2. The molecule has 3 nitrogen and oxygen atoms in total. The Bertz CT molecular complexity index is 615. The summed E-state index contributed by atoms with van der Waals surface area (Å²) in [5, 5.41) is 10.2. The van der Waals surface area contributed by atoms with Gasteiger partial charge in [0.1, 0.15) is 10.8 Å². The van der Waals surface area contributed by atoms with Gasteiger partial charge in [-0.15, -0.1) is 11.3 Å². The van der Waals surface area contributed by atoms with Crippen LogP contribution in [0.15, 0.2) is 42.7 Å². The molecule has 3 aromatic rings. The number of aromatic hydroxyl groups is 1. The minimum atomic E-state index is 0.164. The van der Waals surface area contributed by atoms with Crippen LogP contribution < -0.4 is 0 Å². The second-order valence-electron chi connectivity index (χ2n) is 3.42. The highest BCUT2D eigenvalue weighted by Crippen LogP contribution is 2.30. The van der Waals surface area contributed by atoms with Crippen LogP contribution in [0.5, 0.6) is 5.75 Å². The molecule has 0 saturated carbocycles. The number of rotatable bonds is 1. The molecule has 0 atom stereocenters. The minimum absolute atomic E-state index is 0.164. The van der Waals surface area contributed by atoms with E-state index in [4.69, 9.17) is 0 Å². The van der Waals surface area contributed by atoms with Gasteiger partial charge < -0.3 is 5.11 Å². The van der Waals surface area contributed by atoms with Gasteiger partial charge in [-0.3, -0.25) is 4.98 Å². The Hall–Kier alpha value is -1.94. The first kappa shape index (κ1) is 9.30. The van der Waals surface area contributed by atoms with Crippen molar-refractivity contribution in [3.63, 3.8) is 0 Å². The maximum absolute atomic E-state index is 9.36. The summed E-state index contributed by atoms with van der Waals surface area (Å²) in [4.78, 5) is 8.44. The van der Waals surface area contributed by atoms with Crippen molar-refractivity contribution in [1.29, 1.82) is 0 Å². The van der Waals surface area contributed by atoms with Crippen molar-refractivity contribution in [2.45, 2.75) is 0 Å². The van der Waals surface area contributed by atoms with E-state index in [9.17, 15) is 5.11 Å². The van der Waals surface area contributed by atoms with Gasteiger partial charge in [0.05, 0.1) is 16.4 Å². The van der Waals surface area contributed by atoms with Crippen molar-refractivity contribution in [3.8, 4) is 16.3 Å². The molecule has 1 aromatic carbocycles. The van der Waals surface area contributed by atoms with E-state index in [1.165, 1.54) is 6.20 Å². The zero-order chi connectivity index (χ0) is 11.0. The van der Waals surface area contributed by atoms with Gasteiger partial charge >= 0.3 is 0 Å².